The van der Waals surface area contributed by atoms with Gasteiger partial charge in [-0.1, -0.05) is 18.5 Å². The van der Waals surface area contributed by atoms with Crippen LogP contribution in [-0.4, -0.2) is 11.4 Å². The molecule has 82 valence electrons. The number of rotatable bonds is 3. The van der Waals surface area contributed by atoms with Gasteiger partial charge in [-0.25, -0.2) is 0 Å². The molecule has 2 nitrogen and oxygen atoms in total. The molecular weight excluding hydrogens is 210 g/mol. The molecule has 0 saturated carbocycles. The molecule has 0 aromatic heterocycles. The van der Waals surface area contributed by atoms with Gasteiger partial charge in [0, 0.05) is 16.1 Å². The first-order valence-corrected chi connectivity index (χ1v) is 5.40. The zero-order valence-electron chi connectivity index (χ0n) is 9.30. The molecule has 0 spiro atoms. The van der Waals surface area contributed by atoms with Gasteiger partial charge in [-0.05, 0) is 44.5 Å². The predicted octanol–water partition coefficient (Wildman–Crippen LogP) is 3.26. The Kier molecular flexibility index (Phi) is 3.75. The van der Waals surface area contributed by atoms with Gasteiger partial charge in [-0.15, -0.1) is 0 Å². The fourth-order valence-electron chi connectivity index (χ4n) is 1.07. The van der Waals surface area contributed by atoms with Crippen LogP contribution in [0.3, 0.4) is 0 Å². The smallest absolute Gasteiger partial charge is 0.251 e. The first-order chi connectivity index (χ1) is 6.94. The molecule has 1 rings (SSSR count). The van der Waals surface area contributed by atoms with Crippen LogP contribution < -0.4 is 5.32 Å². The second-order valence-corrected chi connectivity index (χ2v) is 4.63. The van der Waals surface area contributed by atoms with Gasteiger partial charge >= 0.3 is 0 Å². The van der Waals surface area contributed by atoms with Crippen molar-refractivity contribution in [3.05, 3.63) is 34.9 Å². The Bertz CT molecular complexity index is 343. The summed E-state index contributed by atoms with van der Waals surface area (Å²) >= 11 is 5.75. The van der Waals surface area contributed by atoms with Gasteiger partial charge in [0.2, 0.25) is 0 Å². The lowest BCUT2D eigenvalue weighted by molar-refractivity contribution is 0.0911. The van der Waals surface area contributed by atoms with Crippen molar-refractivity contribution in [3.63, 3.8) is 0 Å². The number of hydrogen-bond acceptors (Lipinski definition) is 1. The molecular formula is C12H16ClNO. The Morgan fingerprint density at radius 2 is 1.87 bits per heavy atom. The molecule has 3 heteroatoms. The molecule has 0 aliphatic rings. The molecule has 1 aromatic rings. The van der Waals surface area contributed by atoms with E-state index in [1.54, 1.807) is 24.3 Å². The van der Waals surface area contributed by atoms with Gasteiger partial charge in [-0.2, -0.15) is 0 Å². The molecule has 1 aromatic carbocycles. The largest absolute Gasteiger partial charge is 0.347 e. The van der Waals surface area contributed by atoms with E-state index in [-0.39, 0.29) is 11.4 Å². The van der Waals surface area contributed by atoms with Gasteiger partial charge in [-0.3, -0.25) is 4.79 Å². The van der Waals surface area contributed by atoms with Crippen LogP contribution in [0.1, 0.15) is 37.6 Å². The molecule has 0 aliphatic heterocycles. The average Bonchev–Trinajstić information content (AvgIpc) is 2.18. The van der Waals surface area contributed by atoms with E-state index in [0.29, 0.717) is 10.6 Å². The maximum atomic E-state index is 11.8. The normalized spacial score (nSPS) is 11.2. The van der Waals surface area contributed by atoms with Crippen LogP contribution in [0.2, 0.25) is 5.02 Å². The number of benzene rings is 1. The number of nitrogens with one attached hydrogen (secondary N) is 1. The summed E-state index contributed by atoms with van der Waals surface area (Å²) in [5, 5.41) is 3.60. The fraction of sp³-hybridized carbons (Fsp3) is 0.417. The monoisotopic (exact) mass is 225 g/mol. The van der Waals surface area contributed by atoms with Crippen molar-refractivity contribution in [1.82, 2.24) is 5.32 Å². The molecule has 0 bridgehead atoms. The van der Waals surface area contributed by atoms with E-state index >= 15 is 0 Å². The van der Waals surface area contributed by atoms with E-state index in [9.17, 15) is 4.79 Å². The van der Waals surface area contributed by atoms with Crippen molar-refractivity contribution in [3.8, 4) is 0 Å². The van der Waals surface area contributed by atoms with Crippen LogP contribution in [0.5, 0.6) is 0 Å². The van der Waals surface area contributed by atoms with Crippen molar-refractivity contribution in [2.45, 2.75) is 32.7 Å². The van der Waals surface area contributed by atoms with E-state index < -0.39 is 0 Å². The van der Waals surface area contributed by atoms with Crippen LogP contribution in [0.25, 0.3) is 0 Å². The highest BCUT2D eigenvalue weighted by Gasteiger charge is 2.18. The second-order valence-electron chi connectivity index (χ2n) is 4.20. The summed E-state index contributed by atoms with van der Waals surface area (Å²) in [5.41, 5.74) is 0.470. The minimum Gasteiger partial charge on any atom is -0.347 e. The van der Waals surface area contributed by atoms with Gasteiger partial charge in [0.25, 0.3) is 5.91 Å². The van der Waals surface area contributed by atoms with E-state index in [1.165, 1.54) is 0 Å². The Hall–Kier alpha value is -1.02. The van der Waals surface area contributed by atoms with Gasteiger partial charge in [0.1, 0.15) is 0 Å². The summed E-state index contributed by atoms with van der Waals surface area (Å²) in [5.74, 6) is -0.0569. The minimum atomic E-state index is -0.170. The highest BCUT2D eigenvalue weighted by Crippen LogP contribution is 2.12. The Labute approximate surface area is 95.6 Å². The lowest BCUT2D eigenvalue weighted by Gasteiger charge is -2.24. The van der Waals surface area contributed by atoms with Crippen LogP contribution >= 0.6 is 11.6 Å². The third-order valence-corrected chi connectivity index (χ3v) is 2.69. The topological polar surface area (TPSA) is 29.1 Å². The summed E-state index contributed by atoms with van der Waals surface area (Å²) in [7, 11) is 0. The maximum Gasteiger partial charge on any atom is 0.251 e. The van der Waals surface area contributed by atoms with Crippen LogP contribution in [0.4, 0.5) is 0 Å². The van der Waals surface area contributed by atoms with Gasteiger partial charge in [0.05, 0.1) is 0 Å². The van der Waals surface area contributed by atoms with Crippen molar-refractivity contribution in [2.24, 2.45) is 0 Å². The SMILES string of the molecule is CCC(C)(C)NC(=O)c1ccc(Cl)cc1. The van der Waals surface area contributed by atoms with Crippen molar-refractivity contribution in [2.75, 3.05) is 0 Å². The number of hydrogen-bond donors (Lipinski definition) is 1. The zero-order chi connectivity index (χ0) is 11.5. The number of carbonyl (C=O) groups excluding carboxylic acids is 1. The van der Waals surface area contributed by atoms with Crippen LogP contribution in [-0.2, 0) is 0 Å². The third-order valence-electron chi connectivity index (χ3n) is 2.44. The summed E-state index contributed by atoms with van der Waals surface area (Å²) < 4.78 is 0. The molecule has 1 N–H and O–H groups in total. The highest BCUT2D eigenvalue weighted by atomic mass is 35.5. The third kappa shape index (κ3) is 3.56. The summed E-state index contributed by atoms with van der Waals surface area (Å²) in [6.45, 7) is 6.05. The lowest BCUT2D eigenvalue weighted by Crippen LogP contribution is -2.42. The van der Waals surface area contributed by atoms with Crippen molar-refractivity contribution in [1.29, 1.82) is 0 Å². The molecule has 0 fully saturated rings. The summed E-state index contributed by atoms with van der Waals surface area (Å²) in [4.78, 5) is 11.8. The van der Waals surface area contributed by atoms with Crippen molar-refractivity contribution >= 4 is 17.5 Å². The van der Waals surface area contributed by atoms with E-state index in [0.717, 1.165) is 6.42 Å². The molecule has 1 amide bonds. The summed E-state index contributed by atoms with van der Waals surface area (Å²) in [6, 6.07) is 6.89. The molecule has 0 saturated heterocycles. The molecule has 15 heavy (non-hydrogen) atoms. The summed E-state index contributed by atoms with van der Waals surface area (Å²) in [6.07, 6.45) is 0.895. The van der Waals surface area contributed by atoms with Gasteiger partial charge < -0.3 is 5.32 Å². The zero-order valence-corrected chi connectivity index (χ0v) is 10.1. The second kappa shape index (κ2) is 4.67. The maximum absolute atomic E-state index is 11.8. The Morgan fingerprint density at radius 1 is 1.33 bits per heavy atom. The lowest BCUT2D eigenvalue weighted by atomic mass is 10.0. The molecule has 0 heterocycles. The number of carbonyl (C=O) groups is 1. The van der Waals surface area contributed by atoms with Crippen LogP contribution in [0, 0.1) is 0 Å². The average molecular weight is 226 g/mol. The number of amides is 1. The molecule has 0 atom stereocenters. The number of halogens is 1. The minimum absolute atomic E-state index is 0.0569. The van der Waals surface area contributed by atoms with E-state index in [2.05, 4.69) is 5.32 Å². The van der Waals surface area contributed by atoms with Crippen molar-refractivity contribution < 1.29 is 4.79 Å². The van der Waals surface area contributed by atoms with E-state index in [1.807, 2.05) is 20.8 Å². The molecule has 0 aliphatic carbocycles. The fourth-order valence-corrected chi connectivity index (χ4v) is 1.20. The Balaban J connectivity index is 2.74. The first-order valence-electron chi connectivity index (χ1n) is 5.03. The molecule has 0 unspecified atom stereocenters. The standard InChI is InChI=1S/C12H16ClNO/c1-4-12(2,3)14-11(15)9-5-7-10(13)8-6-9/h5-8H,4H2,1-3H3,(H,14,15). The predicted molar refractivity (Wildman–Crippen MR) is 63.3 cm³/mol. The highest BCUT2D eigenvalue weighted by molar-refractivity contribution is 6.30. The van der Waals surface area contributed by atoms with E-state index in [4.69, 9.17) is 11.6 Å². The first kappa shape index (κ1) is 12.1. The van der Waals surface area contributed by atoms with Crippen LogP contribution in [0.15, 0.2) is 24.3 Å². The molecule has 0 radical (unpaired) electrons. The Morgan fingerprint density at radius 3 is 2.33 bits per heavy atom. The van der Waals surface area contributed by atoms with Gasteiger partial charge in [0.15, 0.2) is 0 Å². The quantitative estimate of drug-likeness (QED) is 0.841.